The molecule has 4 nitrogen and oxygen atoms in total. The van der Waals surface area contributed by atoms with E-state index in [1.165, 1.54) is 0 Å². The van der Waals surface area contributed by atoms with Crippen molar-refractivity contribution in [1.29, 1.82) is 0 Å². The Morgan fingerprint density at radius 1 is 1.46 bits per heavy atom. The third kappa shape index (κ3) is 1.20. The van der Waals surface area contributed by atoms with Crippen LogP contribution in [0.3, 0.4) is 0 Å². The smallest absolute Gasteiger partial charge is 0.254 e. The van der Waals surface area contributed by atoms with Crippen LogP contribution in [0, 0.1) is 0 Å². The summed E-state index contributed by atoms with van der Waals surface area (Å²) in [5.74, 6) is 0.991. The van der Waals surface area contributed by atoms with Crippen LogP contribution in [0.1, 0.15) is 10.4 Å². The van der Waals surface area contributed by atoms with Crippen molar-refractivity contribution < 1.29 is 14.3 Å². The minimum absolute atomic E-state index is 0.164. The maximum Gasteiger partial charge on any atom is 0.254 e. The highest BCUT2D eigenvalue weighted by atomic mass is 16.7. The quantitative estimate of drug-likeness (QED) is 0.692. The number of para-hydroxylation sites is 1. The fourth-order valence-electron chi connectivity index (χ4n) is 1.24. The Hall–Kier alpha value is -1.71. The summed E-state index contributed by atoms with van der Waals surface area (Å²) in [6, 6.07) is 5.24. The minimum atomic E-state index is -0.164. The fraction of sp³-hybridized carbons (Fsp3) is 0.222. The van der Waals surface area contributed by atoms with Crippen molar-refractivity contribution in [3.63, 3.8) is 0 Å². The highest BCUT2D eigenvalue weighted by Gasteiger charge is 2.20. The molecule has 1 aromatic carbocycles. The molecule has 68 valence electrons. The van der Waals surface area contributed by atoms with Gasteiger partial charge in [-0.25, -0.2) is 0 Å². The topological polar surface area (TPSA) is 47.6 Å². The Bertz CT molecular complexity index is 349. The number of fused-ring (bicyclic) bond motifs is 1. The monoisotopic (exact) mass is 179 g/mol. The summed E-state index contributed by atoms with van der Waals surface area (Å²) in [5, 5.41) is 2.54. The van der Waals surface area contributed by atoms with Crippen LogP contribution in [0.15, 0.2) is 18.2 Å². The highest BCUT2D eigenvalue weighted by Crippen LogP contribution is 2.34. The van der Waals surface area contributed by atoms with Crippen LogP contribution in [0.4, 0.5) is 0 Å². The zero-order valence-corrected chi connectivity index (χ0v) is 7.16. The van der Waals surface area contributed by atoms with E-state index in [0.717, 1.165) is 0 Å². The molecule has 0 unspecified atom stereocenters. The van der Waals surface area contributed by atoms with E-state index in [9.17, 15) is 4.79 Å². The van der Waals surface area contributed by atoms with Gasteiger partial charge < -0.3 is 14.8 Å². The Morgan fingerprint density at radius 2 is 2.31 bits per heavy atom. The van der Waals surface area contributed by atoms with Crippen molar-refractivity contribution in [2.24, 2.45) is 0 Å². The molecule has 1 amide bonds. The van der Waals surface area contributed by atoms with Crippen molar-refractivity contribution in [3.8, 4) is 11.5 Å². The van der Waals surface area contributed by atoms with Crippen LogP contribution in [0.2, 0.25) is 0 Å². The standard InChI is InChI=1S/C9H9NO3/c1-10-9(11)6-3-2-4-7-8(6)13-5-12-7/h2-4H,5H2,1H3,(H,10,11). The Kier molecular flexibility index (Phi) is 1.81. The first kappa shape index (κ1) is 7.91. The maximum atomic E-state index is 11.3. The lowest BCUT2D eigenvalue weighted by molar-refractivity contribution is 0.0958. The molecule has 0 aromatic heterocycles. The van der Waals surface area contributed by atoms with Crippen LogP contribution in [-0.4, -0.2) is 19.7 Å². The zero-order valence-electron chi connectivity index (χ0n) is 7.16. The molecule has 0 saturated carbocycles. The molecule has 13 heavy (non-hydrogen) atoms. The summed E-state index contributed by atoms with van der Waals surface area (Å²) >= 11 is 0. The van der Waals surface area contributed by atoms with Gasteiger partial charge in [-0.1, -0.05) is 6.07 Å². The molecule has 1 N–H and O–H groups in total. The lowest BCUT2D eigenvalue weighted by atomic mass is 10.2. The van der Waals surface area contributed by atoms with Gasteiger partial charge in [0.2, 0.25) is 6.79 Å². The lowest BCUT2D eigenvalue weighted by Gasteiger charge is -2.02. The molecule has 1 heterocycles. The second-order valence-electron chi connectivity index (χ2n) is 2.62. The molecule has 2 rings (SSSR count). The molecule has 1 aliphatic rings. The van der Waals surface area contributed by atoms with Gasteiger partial charge in [0.25, 0.3) is 5.91 Å². The van der Waals surface area contributed by atoms with E-state index in [1.807, 2.05) is 0 Å². The molecule has 0 fully saturated rings. The molecule has 0 aliphatic carbocycles. The van der Waals surface area contributed by atoms with Crippen molar-refractivity contribution >= 4 is 5.91 Å². The van der Waals surface area contributed by atoms with Crippen molar-refractivity contribution in [2.45, 2.75) is 0 Å². The van der Waals surface area contributed by atoms with Crippen LogP contribution in [0.25, 0.3) is 0 Å². The van der Waals surface area contributed by atoms with Crippen LogP contribution in [-0.2, 0) is 0 Å². The van der Waals surface area contributed by atoms with E-state index < -0.39 is 0 Å². The number of rotatable bonds is 1. The average molecular weight is 179 g/mol. The average Bonchev–Trinajstić information content (AvgIpc) is 2.63. The SMILES string of the molecule is CNC(=O)c1cccc2c1OCO2. The van der Waals surface area contributed by atoms with Gasteiger partial charge in [0.05, 0.1) is 5.56 Å². The van der Waals surface area contributed by atoms with Crippen LogP contribution >= 0.6 is 0 Å². The number of hydrogen-bond acceptors (Lipinski definition) is 3. The summed E-state index contributed by atoms with van der Waals surface area (Å²) in [6.45, 7) is 0.184. The Balaban J connectivity index is 2.47. The minimum Gasteiger partial charge on any atom is -0.454 e. The number of nitrogens with one attached hydrogen (secondary N) is 1. The number of benzene rings is 1. The Morgan fingerprint density at radius 3 is 3.08 bits per heavy atom. The maximum absolute atomic E-state index is 11.3. The second-order valence-corrected chi connectivity index (χ2v) is 2.62. The third-order valence-corrected chi connectivity index (χ3v) is 1.87. The first-order valence-electron chi connectivity index (χ1n) is 3.93. The number of hydrogen-bond donors (Lipinski definition) is 1. The molecule has 4 heteroatoms. The molecule has 0 atom stereocenters. The number of carbonyl (C=O) groups excluding carboxylic acids is 1. The molecular weight excluding hydrogens is 170 g/mol. The molecule has 0 radical (unpaired) electrons. The second kappa shape index (κ2) is 2.97. The van der Waals surface area contributed by atoms with Crippen molar-refractivity contribution in [3.05, 3.63) is 23.8 Å². The summed E-state index contributed by atoms with van der Waals surface area (Å²) in [5.41, 5.74) is 0.512. The van der Waals surface area contributed by atoms with E-state index in [4.69, 9.17) is 9.47 Å². The van der Waals surface area contributed by atoms with Gasteiger partial charge in [0.15, 0.2) is 11.5 Å². The van der Waals surface area contributed by atoms with Gasteiger partial charge in [-0.2, -0.15) is 0 Å². The number of amides is 1. The third-order valence-electron chi connectivity index (χ3n) is 1.87. The van der Waals surface area contributed by atoms with Crippen LogP contribution < -0.4 is 14.8 Å². The van der Waals surface area contributed by atoms with Gasteiger partial charge in [-0.3, -0.25) is 4.79 Å². The normalized spacial score (nSPS) is 12.7. The molecular formula is C9H9NO3. The molecule has 0 saturated heterocycles. The first-order chi connectivity index (χ1) is 6.33. The van der Waals surface area contributed by atoms with E-state index in [-0.39, 0.29) is 12.7 Å². The number of ether oxygens (including phenoxy) is 2. The molecule has 0 bridgehead atoms. The summed E-state index contributed by atoms with van der Waals surface area (Å²) in [4.78, 5) is 11.3. The van der Waals surface area contributed by atoms with Crippen molar-refractivity contribution in [1.82, 2.24) is 5.32 Å². The zero-order chi connectivity index (χ0) is 9.26. The summed E-state index contributed by atoms with van der Waals surface area (Å²) < 4.78 is 10.3. The summed E-state index contributed by atoms with van der Waals surface area (Å²) in [7, 11) is 1.58. The lowest BCUT2D eigenvalue weighted by Crippen LogP contribution is -2.18. The van der Waals surface area contributed by atoms with E-state index in [1.54, 1.807) is 25.2 Å². The predicted octanol–water partition coefficient (Wildman–Crippen LogP) is 0.775. The van der Waals surface area contributed by atoms with Gasteiger partial charge in [-0.05, 0) is 12.1 Å². The highest BCUT2D eigenvalue weighted by molar-refractivity contribution is 5.97. The molecule has 0 spiro atoms. The van der Waals surface area contributed by atoms with E-state index in [2.05, 4.69) is 5.32 Å². The van der Waals surface area contributed by atoms with Gasteiger partial charge in [0.1, 0.15) is 0 Å². The first-order valence-corrected chi connectivity index (χ1v) is 3.93. The van der Waals surface area contributed by atoms with Crippen LogP contribution in [0.5, 0.6) is 11.5 Å². The summed E-state index contributed by atoms with van der Waals surface area (Å²) in [6.07, 6.45) is 0. The largest absolute Gasteiger partial charge is 0.454 e. The Labute approximate surface area is 75.5 Å². The predicted molar refractivity (Wildman–Crippen MR) is 46.0 cm³/mol. The van der Waals surface area contributed by atoms with Gasteiger partial charge in [0, 0.05) is 7.05 Å². The van der Waals surface area contributed by atoms with E-state index in [0.29, 0.717) is 17.1 Å². The van der Waals surface area contributed by atoms with Crippen molar-refractivity contribution in [2.75, 3.05) is 13.8 Å². The molecule has 1 aliphatic heterocycles. The van der Waals surface area contributed by atoms with E-state index >= 15 is 0 Å². The van der Waals surface area contributed by atoms with Gasteiger partial charge >= 0.3 is 0 Å². The number of carbonyl (C=O) groups is 1. The van der Waals surface area contributed by atoms with Gasteiger partial charge in [-0.15, -0.1) is 0 Å². The molecule has 1 aromatic rings. The fourth-order valence-corrected chi connectivity index (χ4v) is 1.24.